The first kappa shape index (κ1) is 16.3. The fraction of sp³-hybridized carbons (Fsp3) is 1.00. The summed E-state index contributed by atoms with van der Waals surface area (Å²) in [4.78, 5) is 0. The lowest BCUT2D eigenvalue weighted by Gasteiger charge is -2.31. The molecule has 0 bridgehead atoms. The van der Waals surface area contributed by atoms with Crippen molar-refractivity contribution < 1.29 is 4.74 Å². The Hall–Kier alpha value is -0.0400. The lowest BCUT2D eigenvalue weighted by Crippen LogP contribution is -2.25. The molecule has 0 spiro atoms. The van der Waals surface area contributed by atoms with Crippen molar-refractivity contribution in [1.29, 1.82) is 0 Å². The van der Waals surface area contributed by atoms with E-state index in [1.807, 2.05) is 0 Å². The third-order valence-electron chi connectivity index (χ3n) is 5.71. The Kier molecular flexibility index (Phi) is 7.41. The van der Waals surface area contributed by atoms with Gasteiger partial charge >= 0.3 is 0 Å². The van der Waals surface area contributed by atoms with Crippen molar-refractivity contribution in [3.63, 3.8) is 0 Å². The predicted octanol–water partition coefficient (Wildman–Crippen LogP) is 5.97. The van der Waals surface area contributed by atoms with E-state index in [4.69, 9.17) is 4.74 Å². The zero-order valence-corrected chi connectivity index (χ0v) is 13.9. The molecule has 0 aromatic carbocycles. The molecule has 1 nitrogen and oxygen atoms in total. The van der Waals surface area contributed by atoms with Crippen LogP contribution in [0.4, 0.5) is 0 Å². The highest BCUT2D eigenvalue weighted by Crippen LogP contribution is 2.32. The van der Waals surface area contributed by atoms with Crippen LogP contribution in [-0.4, -0.2) is 12.7 Å². The number of rotatable bonds is 7. The molecule has 2 aliphatic carbocycles. The maximum Gasteiger partial charge on any atom is 0.0575 e. The van der Waals surface area contributed by atoms with E-state index in [1.54, 1.807) is 0 Å². The lowest BCUT2D eigenvalue weighted by molar-refractivity contribution is -0.00970. The zero-order chi connectivity index (χ0) is 14.2. The van der Waals surface area contributed by atoms with Gasteiger partial charge in [0, 0.05) is 6.61 Å². The van der Waals surface area contributed by atoms with Crippen LogP contribution >= 0.6 is 0 Å². The zero-order valence-electron chi connectivity index (χ0n) is 13.9. The van der Waals surface area contributed by atoms with Gasteiger partial charge in [0.05, 0.1) is 6.10 Å². The molecule has 0 N–H and O–H groups in total. The number of hydrogen-bond donors (Lipinski definition) is 0. The van der Waals surface area contributed by atoms with Crippen molar-refractivity contribution in [2.45, 2.75) is 97.0 Å². The normalized spacial score (nSPS) is 35.1. The second-order valence-electron chi connectivity index (χ2n) is 7.60. The van der Waals surface area contributed by atoms with Gasteiger partial charge in [0.1, 0.15) is 0 Å². The predicted molar refractivity (Wildman–Crippen MR) is 87.0 cm³/mol. The Bertz CT molecular complexity index is 234. The summed E-state index contributed by atoms with van der Waals surface area (Å²) in [5, 5.41) is 0. The highest BCUT2D eigenvalue weighted by atomic mass is 16.5. The molecule has 0 aromatic rings. The molecule has 0 heterocycles. The van der Waals surface area contributed by atoms with Gasteiger partial charge in [-0.15, -0.1) is 0 Å². The average molecular weight is 280 g/mol. The third kappa shape index (κ3) is 5.76. The summed E-state index contributed by atoms with van der Waals surface area (Å²) in [5.74, 6) is 2.84. The van der Waals surface area contributed by atoms with E-state index >= 15 is 0 Å². The minimum atomic E-state index is 0.594. The standard InChI is InChI=1S/C19H36O/c1-3-4-5-6-17-11-13-19(14-12-17)20-15-18-9-7-16(2)8-10-18/h16-19H,3-15H2,1-2H3/t16-,17-,18-,19-. The van der Waals surface area contributed by atoms with Crippen LogP contribution in [0.5, 0.6) is 0 Å². The molecule has 1 heteroatoms. The van der Waals surface area contributed by atoms with Crippen LogP contribution in [0.15, 0.2) is 0 Å². The summed E-state index contributed by atoms with van der Waals surface area (Å²) < 4.78 is 6.23. The number of ether oxygens (including phenoxy) is 1. The van der Waals surface area contributed by atoms with Gasteiger partial charge in [-0.3, -0.25) is 0 Å². The van der Waals surface area contributed by atoms with Crippen LogP contribution < -0.4 is 0 Å². The van der Waals surface area contributed by atoms with Gasteiger partial charge in [-0.05, 0) is 56.3 Å². The van der Waals surface area contributed by atoms with Crippen LogP contribution in [0.2, 0.25) is 0 Å². The van der Waals surface area contributed by atoms with E-state index in [0.717, 1.165) is 24.4 Å². The fourth-order valence-corrected chi connectivity index (χ4v) is 4.04. The van der Waals surface area contributed by atoms with E-state index in [9.17, 15) is 0 Å². The fourth-order valence-electron chi connectivity index (χ4n) is 4.04. The second kappa shape index (κ2) is 9.07. The van der Waals surface area contributed by atoms with E-state index in [2.05, 4.69) is 13.8 Å². The smallest absolute Gasteiger partial charge is 0.0575 e. The van der Waals surface area contributed by atoms with Gasteiger partial charge in [-0.2, -0.15) is 0 Å². The highest BCUT2D eigenvalue weighted by molar-refractivity contribution is 4.75. The van der Waals surface area contributed by atoms with Crippen molar-refractivity contribution in [2.75, 3.05) is 6.61 Å². The van der Waals surface area contributed by atoms with Gasteiger partial charge < -0.3 is 4.74 Å². The second-order valence-corrected chi connectivity index (χ2v) is 7.60. The van der Waals surface area contributed by atoms with Crippen molar-refractivity contribution in [1.82, 2.24) is 0 Å². The van der Waals surface area contributed by atoms with Crippen molar-refractivity contribution in [3.8, 4) is 0 Å². The first-order chi connectivity index (χ1) is 9.78. The number of unbranched alkanes of at least 4 members (excludes halogenated alkanes) is 2. The van der Waals surface area contributed by atoms with Crippen LogP contribution in [0, 0.1) is 17.8 Å². The monoisotopic (exact) mass is 280 g/mol. The van der Waals surface area contributed by atoms with E-state index < -0.39 is 0 Å². The first-order valence-electron chi connectivity index (χ1n) is 9.39. The quantitative estimate of drug-likeness (QED) is 0.522. The van der Waals surface area contributed by atoms with Crippen molar-refractivity contribution in [3.05, 3.63) is 0 Å². The maximum absolute atomic E-state index is 6.23. The van der Waals surface area contributed by atoms with E-state index in [0.29, 0.717) is 6.10 Å². The lowest BCUT2D eigenvalue weighted by atomic mass is 9.83. The Morgan fingerprint density at radius 2 is 1.45 bits per heavy atom. The van der Waals surface area contributed by atoms with Crippen molar-refractivity contribution >= 4 is 0 Å². The molecule has 0 aromatic heterocycles. The molecule has 0 unspecified atom stereocenters. The Balaban J connectivity index is 1.53. The molecule has 20 heavy (non-hydrogen) atoms. The molecule has 2 saturated carbocycles. The summed E-state index contributed by atoms with van der Waals surface area (Å²) in [6.07, 6.45) is 17.5. The maximum atomic E-state index is 6.23. The molecule has 0 amide bonds. The SMILES string of the molecule is CCCCC[C@H]1CC[C@H](OC[C@H]2CC[C@H](C)CC2)CC1. The van der Waals surface area contributed by atoms with Gasteiger partial charge in [0.25, 0.3) is 0 Å². The molecule has 0 atom stereocenters. The summed E-state index contributed by atoms with van der Waals surface area (Å²) in [7, 11) is 0. The molecule has 0 radical (unpaired) electrons. The minimum absolute atomic E-state index is 0.594. The van der Waals surface area contributed by atoms with Crippen LogP contribution in [-0.2, 0) is 4.74 Å². The number of hydrogen-bond acceptors (Lipinski definition) is 1. The molecule has 2 fully saturated rings. The van der Waals surface area contributed by atoms with Gasteiger partial charge in [-0.1, -0.05) is 52.4 Å². The molecule has 0 aliphatic heterocycles. The summed E-state index contributed by atoms with van der Waals surface area (Å²) >= 11 is 0. The first-order valence-corrected chi connectivity index (χ1v) is 9.39. The third-order valence-corrected chi connectivity index (χ3v) is 5.71. The van der Waals surface area contributed by atoms with Crippen molar-refractivity contribution in [2.24, 2.45) is 17.8 Å². The summed E-state index contributed by atoms with van der Waals surface area (Å²) in [6, 6.07) is 0. The summed E-state index contributed by atoms with van der Waals surface area (Å²) in [6.45, 7) is 5.76. The molecule has 2 aliphatic rings. The van der Waals surface area contributed by atoms with Gasteiger partial charge in [-0.25, -0.2) is 0 Å². The van der Waals surface area contributed by atoms with Gasteiger partial charge in [0.2, 0.25) is 0 Å². The van der Waals surface area contributed by atoms with E-state index in [-0.39, 0.29) is 0 Å². The summed E-state index contributed by atoms with van der Waals surface area (Å²) in [5.41, 5.74) is 0. The molecular weight excluding hydrogens is 244 g/mol. The van der Waals surface area contributed by atoms with Crippen LogP contribution in [0.3, 0.4) is 0 Å². The Labute approximate surface area is 126 Å². The molecule has 118 valence electrons. The molecular formula is C19H36O. The van der Waals surface area contributed by atoms with Crippen LogP contribution in [0.1, 0.15) is 90.9 Å². The average Bonchev–Trinajstić information content (AvgIpc) is 2.48. The molecule has 2 rings (SSSR count). The van der Waals surface area contributed by atoms with E-state index in [1.165, 1.54) is 77.0 Å². The minimum Gasteiger partial charge on any atom is -0.378 e. The Morgan fingerprint density at radius 3 is 2.10 bits per heavy atom. The topological polar surface area (TPSA) is 9.23 Å². The molecule has 0 saturated heterocycles. The Morgan fingerprint density at radius 1 is 0.800 bits per heavy atom. The van der Waals surface area contributed by atoms with Gasteiger partial charge in [0.15, 0.2) is 0 Å². The van der Waals surface area contributed by atoms with Crippen LogP contribution in [0.25, 0.3) is 0 Å². The largest absolute Gasteiger partial charge is 0.378 e. The highest BCUT2D eigenvalue weighted by Gasteiger charge is 2.23.